The van der Waals surface area contributed by atoms with Gasteiger partial charge in [-0.25, -0.2) is 8.42 Å². The molecule has 8 heteroatoms. The normalized spacial score (nSPS) is 23.8. The van der Waals surface area contributed by atoms with Crippen molar-refractivity contribution >= 4 is 33.2 Å². The molecular formula is C17H17Cl2N3O2S. The zero-order valence-electron chi connectivity index (χ0n) is 13.3. The fourth-order valence-corrected chi connectivity index (χ4v) is 5.51. The molecule has 2 atom stereocenters. The van der Waals surface area contributed by atoms with Crippen molar-refractivity contribution in [2.75, 3.05) is 19.6 Å². The van der Waals surface area contributed by atoms with Gasteiger partial charge >= 0.3 is 0 Å². The third-order valence-corrected chi connectivity index (χ3v) is 7.48. The summed E-state index contributed by atoms with van der Waals surface area (Å²) in [6.45, 7) is 2.39. The minimum atomic E-state index is -3.67. The van der Waals surface area contributed by atoms with E-state index < -0.39 is 10.0 Å². The Kier molecular flexibility index (Phi) is 4.50. The Morgan fingerprint density at radius 3 is 2.80 bits per heavy atom. The highest BCUT2D eigenvalue weighted by Crippen LogP contribution is 2.36. The minimum Gasteiger partial charge on any atom is -0.316 e. The average Bonchev–Trinajstić information content (AvgIpc) is 2.99. The highest BCUT2D eigenvalue weighted by Gasteiger charge is 2.39. The second kappa shape index (κ2) is 6.52. The van der Waals surface area contributed by atoms with E-state index in [1.807, 2.05) is 12.1 Å². The number of hydrogen-bond donors (Lipinski definition) is 1. The van der Waals surface area contributed by atoms with E-state index in [-0.39, 0.29) is 21.8 Å². The first-order valence-electron chi connectivity index (χ1n) is 8.06. The molecule has 0 bridgehead atoms. The van der Waals surface area contributed by atoms with Crippen LogP contribution in [0.15, 0.2) is 41.4 Å². The maximum atomic E-state index is 13.2. The molecule has 2 aromatic rings. The van der Waals surface area contributed by atoms with Crippen LogP contribution in [0.25, 0.3) is 0 Å². The number of pyridine rings is 1. The van der Waals surface area contributed by atoms with E-state index in [0.29, 0.717) is 18.1 Å². The number of nitrogens with one attached hydrogen (secondary N) is 1. The Balaban J connectivity index is 1.76. The predicted octanol–water partition coefficient (Wildman–Crippen LogP) is 2.90. The third kappa shape index (κ3) is 3.06. The first kappa shape index (κ1) is 17.2. The third-order valence-electron chi connectivity index (χ3n) is 4.93. The highest BCUT2D eigenvalue weighted by molar-refractivity contribution is 7.89. The van der Waals surface area contributed by atoms with Crippen LogP contribution in [0.2, 0.25) is 10.0 Å². The molecule has 1 N–H and O–H groups in total. The average molecular weight is 398 g/mol. The quantitative estimate of drug-likeness (QED) is 0.845. The SMILES string of the molecule is O=S(=O)(c1ccc(Cl)c(Cl)c1)N1Cc2cccnc2[C@H]2CNC[C@@H]2C1. The van der Waals surface area contributed by atoms with Crippen LogP contribution in [-0.4, -0.2) is 37.3 Å². The molecule has 1 aromatic carbocycles. The molecule has 0 radical (unpaired) electrons. The summed E-state index contributed by atoms with van der Waals surface area (Å²) in [4.78, 5) is 4.70. The van der Waals surface area contributed by atoms with Crippen molar-refractivity contribution in [1.82, 2.24) is 14.6 Å². The number of fused-ring (bicyclic) bond motifs is 3. The molecule has 0 saturated carbocycles. The van der Waals surface area contributed by atoms with Crippen LogP contribution in [0.1, 0.15) is 17.2 Å². The molecule has 2 aliphatic rings. The topological polar surface area (TPSA) is 62.3 Å². The molecule has 0 unspecified atom stereocenters. The van der Waals surface area contributed by atoms with Gasteiger partial charge in [-0.15, -0.1) is 0 Å². The van der Waals surface area contributed by atoms with E-state index in [1.54, 1.807) is 6.20 Å². The van der Waals surface area contributed by atoms with Crippen LogP contribution in [-0.2, 0) is 16.6 Å². The molecular weight excluding hydrogens is 381 g/mol. The lowest BCUT2D eigenvalue weighted by molar-refractivity contribution is 0.349. The largest absolute Gasteiger partial charge is 0.316 e. The predicted molar refractivity (Wildman–Crippen MR) is 97.4 cm³/mol. The van der Waals surface area contributed by atoms with Gasteiger partial charge in [-0.1, -0.05) is 29.3 Å². The van der Waals surface area contributed by atoms with E-state index in [9.17, 15) is 8.42 Å². The molecule has 0 spiro atoms. The van der Waals surface area contributed by atoms with Crippen molar-refractivity contribution in [2.24, 2.45) is 5.92 Å². The smallest absolute Gasteiger partial charge is 0.243 e. The summed E-state index contributed by atoms with van der Waals surface area (Å²) < 4.78 is 27.9. The van der Waals surface area contributed by atoms with Crippen molar-refractivity contribution in [3.05, 3.63) is 57.8 Å². The van der Waals surface area contributed by atoms with Crippen LogP contribution in [0.3, 0.4) is 0 Å². The molecule has 5 nitrogen and oxygen atoms in total. The van der Waals surface area contributed by atoms with Crippen molar-refractivity contribution < 1.29 is 8.42 Å². The summed E-state index contributed by atoms with van der Waals surface area (Å²) in [6, 6.07) is 8.25. The summed E-state index contributed by atoms with van der Waals surface area (Å²) in [5.74, 6) is 0.443. The molecule has 0 aliphatic carbocycles. The Hall–Kier alpha value is -1.18. The minimum absolute atomic E-state index is 0.164. The molecule has 3 heterocycles. The van der Waals surface area contributed by atoms with Gasteiger partial charge in [0.2, 0.25) is 10.0 Å². The molecule has 4 rings (SSSR count). The molecule has 1 fully saturated rings. The molecule has 25 heavy (non-hydrogen) atoms. The summed E-state index contributed by atoms with van der Waals surface area (Å²) >= 11 is 12.0. The van der Waals surface area contributed by atoms with E-state index in [0.717, 1.165) is 24.3 Å². The summed E-state index contributed by atoms with van der Waals surface area (Å²) in [6.07, 6.45) is 1.78. The van der Waals surface area contributed by atoms with Gasteiger partial charge in [-0.05, 0) is 42.3 Å². The van der Waals surface area contributed by atoms with E-state index in [2.05, 4.69) is 10.3 Å². The lowest BCUT2D eigenvalue weighted by Gasteiger charge is -2.23. The van der Waals surface area contributed by atoms with Gasteiger partial charge in [-0.2, -0.15) is 4.31 Å². The fourth-order valence-electron chi connectivity index (χ4n) is 3.65. The Morgan fingerprint density at radius 2 is 2.00 bits per heavy atom. The van der Waals surface area contributed by atoms with Crippen molar-refractivity contribution in [1.29, 1.82) is 0 Å². The van der Waals surface area contributed by atoms with Crippen LogP contribution in [0.5, 0.6) is 0 Å². The number of benzene rings is 1. The van der Waals surface area contributed by atoms with E-state index in [4.69, 9.17) is 23.2 Å². The summed E-state index contributed by atoms with van der Waals surface area (Å²) in [5, 5.41) is 3.94. The second-order valence-electron chi connectivity index (χ2n) is 6.45. The molecule has 0 amide bonds. The number of halogens is 2. The van der Waals surface area contributed by atoms with Gasteiger partial charge < -0.3 is 5.32 Å². The van der Waals surface area contributed by atoms with Gasteiger partial charge in [0.05, 0.1) is 14.9 Å². The van der Waals surface area contributed by atoms with Gasteiger partial charge in [0.15, 0.2) is 0 Å². The fraction of sp³-hybridized carbons (Fsp3) is 0.353. The first-order chi connectivity index (χ1) is 12.0. The number of aromatic nitrogens is 1. The van der Waals surface area contributed by atoms with Crippen LogP contribution in [0.4, 0.5) is 0 Å². The van der Waals surface area contributed by atoms with Crippen molar-refractivity contribution in [3.8, 4) is 0 Å². The van der Waals surface area contributed by atoms with Crippen LogP contribution >= 0.6 is 23.2 Å². The number of sulfonamides is 1. The standard InChI is InChI=1S/C17H17Cl2N3O2S/c18-15-4-3-13(6-16(15)19)25(23,24)22-9-11-2-1-5-21-17(11)14-8-20-7-12(14)10-22/h1-6,12,14,20H,7-10H2/t12-,14+/m1/s1. The number of rotatable bonds is 2. The van der Waals surface area contributed by atoms with Gasteiger partial charge in [0.1, 0.15) is 0 Å². The summed E-state index contributed by atoms with van der Waals surface area (Å²) in [5.41, 5.74) is 1.96. The number of hydrogen-bond acceptors (Lipinski definition) is 4. The molecule has 132 valence electrons. The maximum absolute atomic E-state index is 13.2. The van der Waals surface area contributed by atoms with Gasteiger partial charge in [-0.3, -0.25) is 4.98 Å². The lowest BCUT2D eigenvalue weighted by Crippen LogP contribution is -2.35. The number of nitrogens with zero attached hydrogens (tertiary/aromatic N) is 2. The zero-order chi connectivity index (χ0) is 17.6. The van der Waals surface area contributed by atoms with Crippen molar-refractivity contribution in [2.45, 2.75) is 17.4 Å². The molecule has 1 saturated heterocycles. The Bertz CT molecular complexity index is 920. The van der Waals surface area contributed by atoms with Gasteiger partial charge in [0.25, 0.3) is 0 Å². The molecule has 2 aliphatic heterocycles. The van der Waals surface area contributed by atoms with E-state index in [1.165, 1.54) is 22.5 Å². The summed E-state index contributed by atoms with van der Waals surface area (Å²) in [7, 11) is -3.67. The van der Waals surface area contributed by atoms with Crippen LogP contribution in [0, 0.1) is 5.92 Å². The van der Waals surface area contributed by atoms with E-state index >= 15 is 0 Å². The monoisotopic (exact) mass is 397 g/mol. The van der Waals surface area contributed by atoms with Crippen molar-refractivity contribution in [3.63, 3.8) is 0 Å². The van der Waals surface area contributed by atoms with Gasteiger partial charge in [0, 0.05) is 37.4 Å². The Labute approximate surface area is 157 Å². The van der Waals surface area contributed by atoms with Crippen LogP contribution < -0.4 is 5.32 Å². The maximum Gasteiger partial charge on any atom is 0.243 e. The lowest BCUT2D eigenvalue weighted by atomic mass is 9.91. The Morgan fingerprint density at radius 1 is 1.16 bits per heavy atom. The first-order valence-corrected chi connectivity index (χ1v) is 10.3. The molecule has 1 aromatic heterocycles. The second-order valence-corrected chi connectivity index (χ2v) is 9.20. The highest BCUT2D eigenvalue weighted by atomic mass is 35.5. The zero-order valence-corrected chi connectivity index (χ0v) is 15.7.